The van der Waals surface area contributed by atoms with Crippen LogP contribution in [-0.2, 0) is 0 Å². The monoisotopic (exact) mass is 330 g/mol. The summed E-state index contributed by atoms with van der Waals surface area (Å²) in [6.07, 6.45) is 14.0. The van der Waals surface area contributed by atoms with Crippen LogP contribution in [0.15, 0.2) is 42.5 Å². The molecule has 0 aliphatic heterocycles. The maximum Gasteiger partial charge on any atom is 0.140 e. The van der Waals surface area contributed by atoms with Crippen molar-refractivity contribution in [3.05, 3.63) is 53.6 Å². The maximum absolute atomic E-state index is 2.46. The highest BCUT2D eigenvalue weighted by molar-refractivity contribution is 6.36. The quantitative estimate of drug-likeness (QED) is 0.633. The lowest BCUT2D eigenvalue weighted by atomic mass is 9.79. The molecular formula is C24H31B. The van der Waals surface area contributed by atoms with E-state index in [1.54, 1.807) is 11.1 Å². The number of hydrogen-bond acceptors (Lipinski definition) is 0. The molecule has 0 nitrogen and oxygen atoms in total. The molecule has 2 aromatic carbocycles. The molecule has 0 bridgehead atoms. The van der Waals surface area contributed by atoms with Crippen LogP contribution in [0.3, 0.4) is 0 Å². The minimum Gasteiger partial charge on any atom is -0.0810 e. The summed E-state index contributed by atoms with van der Waals surface area (Å²) < 4.78 is 0. The molecule has 0 N–H and O–H groups in total. The fourth-order valence-electron chi connectivity index (χ4n) is 5.07. The maximum atomic E-state index is 2.46. The normalized spacial score (nSPS) is 19.8. The van der Waals surface area contributed by atoms with Crippen molar-refractivity contribution in [3.63, 3.8) is 0 Å². The first-order chi connectivity index (χ1) is 12.3. The Hall–Kier alpha value is -1.50. The summed E-state index contributed by atoms with van der Waals surface area (Å²) in [5.41, 5.74) is 7.36. The van der Waals surface area contributed by atoms with E-state index >= 15 is 0 Å². The average Bonchev–Trinajstić information content (AvgIpc) is 2.69. The Morgan fingerprint density at radius 1 is 0.600 bits per heavy atom. The molecule has 2 saturated carbocycles. The largest absolute Gasteiger partial charge is 0.140 e. The molecule has 2 aliphatic carbocycles. The fraction of sp³-hybridized carbons (Fsp3) is 0.500. The average molecular weight is 330 g/mol. The van der Waals surface area contributed by atoms with Crippen molar-refractivity contribution in [1.29, 1.82) is 0 Å². The fourth-order valence-corrected chi connectivity index (χ4v) is 5.07. The minimum absolute atomic E-state index is 0.801. The summed E-state index contributed by atoms with van der Waals surface area (Å²) in [7, 11) is 2.29. The number of hydrogen-bond donors (Lipinski definition) is 0. The lowest BCUT2D eigenvalue weighted by Crippen LogP contribution is -2.12. The molecule has 0 unspecified atom stereocenters. The van der Waals surface area contributed by atoms with E-state index in [4.69, 9.17) is 0 Å². The summed E-state index contributed by atoms with van der Waals surface area (Å²) in [4.78, 5) is 0. The highest BCUT2D eigenvalue weighted by Gasteiger charge is 2.17. The van der Waals surface area contributed by atoms with E-state index in [0.29, 0.717) is 0 Å². The van der Waals surface area contributed by atoms with Gasteiger partial charge in [0.25, 0.3) is 0 Å². The van der Waals surface area contributed by atoms with E-state index in [-0.39, 0.29) is 0 Å². The van der Waals surface area contributed by atoms with Crippen LogP contribution in [0.2, 0.25) is 0 Å². The molecule has 0 aromatic heterocycles. The Kier molecular flexibility index (Phi) is 5.29. The smallest absolute Gasteiger partial charge is 0.0810 e. The number of benzene rings is 2. The SMILES string of the molecule is Bc1cc(C2CCCCC2)ccc1-c1ccc(C2CCCCC2)cc1. The van der Waals surface area contributed by atoms with Gasteiger partial charge in [-0.1, -0.05) is 86.5 Å². The van der Waals surface area contributed by atoms with Crippen molar-refractivity contribution in [3.8, 4) is 11.1 Å². The van der Waals surface area contributed by atoms with Crippen LogP contribution >= 0.6 is 0 Å². The van der Waals surface area contributed by atoms with Gasteiger partial charge in [-0.05, 0) is 59.8 Å². The first kappa shape index (κ1) is 16.9. The van der Waals surface area contributed by atoms with E-state index < -0.39 is 0 Å². The Morgan fingerprint density at radius 3 is 1.68 bits per heavy atom. The van der Waals surface area contributed by atoms with Gasteiger partial charge in [-0.2, -0.15) is 0 Å². The van der Waals surface area contributed by atoms with Gasteiger partial charge in [0.1, 0.15) is 7.85 Å². The Morgan fingerprint density at radius 2 is 1.12 bits per heavy atom. The molecule has 0 heterocycles. The molecule has 0 saturated heterocycles. The summed E-state index contributed by atoms with van der Waals surface area (Å²) in [5.74, 6) is 1.60. The Bertz CT molecular complexity index is 689. The molecule has 130 valence electrons. The second-order valence-corrected chi connectivity index (χ2v) is 8.37. The van der Waals surface area contributed by atoms with E-state index in [1.807, 2.05) is 0 Å². The zero-order chi connectivity index (χ0) is 17.1. The van der Waals surface area contributed by atoms with Gasteiger partial charge in [0.05, 0.1) is 0 Å². The predicted molar refractivity (Wildman–Crippen MR) is 112 cm³/mol. The van der Waals surface area contributed by atoms with Crippen molar-refractivity contribution in [2.75, 3.05) is 0 Å². The van der Waals surface area contributed by atoms with Gasteiger partial charge in [0.2, 0.25) is 0 Å². The van der Waals surface area contributed by atoms with Crippen molar-refractivity contribution in [2.45, 2.75) is 76.0 Å². The second-order valence-electron chi connectivity index (χ2n) is 8.37. The van der Waals surface area contributed by atoms with Crippen LogP contribution in [0, 0.1) is 0 Å². The molecule has 4 rings (SSSR count). The topological polar surface area (TPSA) is 0 Å². The molecule has 0 atom stereocenters. The van der Waals surface area contributed by atoms with Gasteiger partial charge in [0, 0.05) is 0 Å². The lowest BCUT2D eigenvalue weighted by Gasteiger charge is -2.23. The van der Waals surface area contributed by atoms with Crippen LogP contribution in [0.25, 0.3) is 11.1 Å². The summed E-state index contributed by atoms with van der Waals surface area (Å²) in [6.45, 7) is 0. The molecule has 2 aromatic rings. The van der Waals surface area contributed by atoms with Gasteiger partial charge in [0.15, 0.2) is 0 Å². The third kappa shape index (κ3) is 3.86. The summed E-state index contributed by atoms with van der Waals surface area (Å²) in [5, 5.41) is 0. The highest BCUT2D eigenvalue weighted by atomic mass is 14.2. The Balaban J connectivity index is 1.52. The third-order valence-corrected chi connectivity index (χ3v) is 6.63. The Labute approximate surface area is 154 Å². The molecule has 25 heavy (non-hydrogen) atoms. The van der Waals surface area contributed by atoms with E-state index in [2.05, 4.69) is 50.3 Å². The predicted octanol–water partition coefficient (Wildman–Crippen LogP) is 5.71. The second kappa shape index (κ2) is 7.81. The summed E-state index contributed by atoms with van der Waals surface area (Å²) >= 11 is 0. The van der Waals surface area contributed by atoms with E-state index in [1.165, 1.54) is 80.8 Å². The minimum atomic E-state index is 0.801. The first-order valence-electron chi connectivity index (χ1n) is 10.5. The number of rotatable bonds is 3. The van der Waals surface area contributed by atoms with Crippen LogP contribution < -0.4 is 5.46 Å². The lowest BCUT2D eigenvalue weighted by molar-refractivity contribution is 0.443. The van der Waals surface area contributed by atoms with E-state index in [0.717, 1.165) is 11.8 Å². The van der Waals surface area contributed by atoms with Crippen molar-refractivity contribution in [1.82, 2.24) is 0 Å². The van der Waals surface area contributed by atoms with Crippen LogP contribution in [0.5, 0.6) is 0 Å². The zero-order valence-electron chi connectivity index (χ0n) is 15.8. The first-order valence-corrected chi connectivity index (χ1v) is 10.5. The molecule has 2 fully saturated rings. The van der Waals surface area contributed by atoms with Crippen molar-refractivity contribution >= 4 is 13.3 Å². The van der Waals surface area contributed by atoms with Crippen LogP contribution in [0.1, 0.15) is 87.2 Å². The standard InChI is InChI=1S/C24H31B/c25-24-17-22(19-9-5-2-6-10-19)15-16-23(24)21-13-11-20(12-14-21)18-7-3-1-4-8-18/h11-19H,1-10,25H2. The third-order valence-electron chi connectivity index (χ3n) is 6.63. The van der Waals surface area contributed by atoms with Gasteiger partial charge in [-0.25, -0.2) is 0 Å². The highest BCUT2D eigenvalue weighted by Crippen LogP contribution is 2.35. The molecule has 0 spiro atoms. The van der Waals surface area contributed by atoms with Crippen LogP contribution in [0.4, 0.5) is 0 Å². The zero-order valence-corrected chi connectivity index (χ0v) is 15.8. The van der Waals surface area contributed by atoms with Crippen molar-refractivity contribution < 1.29 is 0 Å². The van der Waals surface area contributed by atoms with Crippen LogP contribution in [-0.4, -0.2) is 7.85 Å². The van der Waals surface area contributed by atoms with Gasteiger partial charge < -0.3 is 0 Å². The summed E-state index contributed by atoms with van der Waals surface area (Å²) in [6, 6.07) is 16.7. The molecule has 0 amide bonds. The van der Waals surface area contributed by atoms with Crippen molar-refractivity contribution in [2.24, 2.45) is 0 Å². The van der Waals surface area contributed by atoms with Gasteiger partial charge >= 0.3 is 0 Å². The molecular weight excluding hydrogens is 299 g/mol. The van der Waals surface area contributed by atoms with Gasteiger partial charge in [-0.3, -0.25) is 0 Å². The molecule has 2 aliphatic rings. The van der Waals surface area contributed by atoms with Gasteiger partial charge in [-0.15, -0.1) is 0 Å². The molecule has 1 heteroatoms. The molecule has 0 radical (unpaired) electrons. The van der Waals surface area contributed by atoms with E-state index in [9.17, 15) is 0 Å².